The Balaban J connectivity index is 2.01. The lowest BCUT2D eigenvalue weighted by atomic mass is 10.1. The van der Waals surface area contributed by atoms with Crippen molar-refractivity contribution in [3.8, 4) is 17.0 Å². The third-order valence-electron chi connectivity index (χ3n) is 4.07. The highest BCUT2D eigenvalue weighted by atomic mass is 16.3. The Kier molecular flexibility index (Phi) is 4.16. The Labute approximate surface area is 139 Å². The largest absolute Gasteiger partial charge is 0.507 e. The number of nitrogens with zero attached hydrogens (tertiary/aromatic N) is 4. The van der Waals surface area contributed by atoms with E-state index in [2.05, 4.69) is 9.97 Å². The highest BCUT2D eigenvalue weighted by Crippen LogP contribution is 2.34. The van der Waals surface area contributed by atoms with Crippen LogP contribution in [0.1, 0.15) is 0 Å². The first kappa shape index (κ1) is 16.3. The summed E-state index contributed by atoms with van der Waals surface area (Å²) in [5, 5.41) is 29.7. The Bertz CT molecular complexity index is 742. The minimum Gasteiger partial charge on any atom is -0.507 e. The summed E-state index contributed by atoms with van der Waals surface area (Å²) < 4.78 is 0. The maximum Gasteiger partial charge on any atom is 0.222 e. The summed E-state index contributed by atoms with van der Waals surface area (Å²) in [5.74, 6) is 0.823. The number of hydrogen-bond donors (Lipinski definition) is 4. The fourth-order valence-electron chi connectivity index (χ4n) is 2.73. The number of aromatic nitrogens is 2. The van der Waals surface area contributed by atoms with Crippen molar-refractivity contribution in [2.75, 3.05) is 42.7 Å². The summed E-state index contributed by atoms with van der Waals surface area (Å²) in [6, 6.07) is 6.81. The molecular formula is C16H21N5O3. The molecule has 8 heteroatoms. The summed E-state index contributed by atoms with van der Waals surface area (Å²) in [6.07, 6.45) is -1.56. The van der Waals surface area contributed by atoms with Gasteiger partial charge in [-0.15, -0.1) is 0 Å². The standard InChI is InChI=1S/C16H21N5O3/c1-20(2)15-6-11(18-16(17)19-15)10-5-9(3-4-12(10)22)21-7-13(23)14(24)8-21/h3-6,13-14,22-24H,7-8H2,1-2H3,(H2,17,18,19)/t13-,14-/m0/s1. The van der Waals surface area contributed by atoms with Gasteiger partial charge in [0.2, 0.25) is 5.95 Å². The first-order valence-electron chi connectivity index (χ1n) is 7.61. The number of anilines is 3. The number of β-amino-alcohol motifs (C(OH)–C–C–N with tert-alkyl or cyclic N) is 2. The Hall–Kier alpha value is -2.58. The van der Waals surface area contributed by atoms with Crippen LogP contribution >= 0.6 is 0 Å². The second-order valence-electron chi connectivity index (χ2n) is 6.11. The van der Waals surface area contributed by atoms with Crippen molar-refractivity contribution in [3.63, 3.8) is 0 Å². The third kappa shape index (κ3) is 3.06. The van der Waals surface area contributed by atoms with Crippen LogP contribution in [-0.4, -0.2) is 64.7 Å². The van der Waals surface area contributed by atoms with E-state index in [1.807, 2.05) is 19.0 Å². The van der Waals surface area contributed by atoms with E-state index in [0.717, 1.165) is 5.69 Å². The van der Waals surface area contributed by atoms with Crippen LogP contribution in [-0.2, 0) is 0 Å². The van der Waals surface area contributed by atoms with Gasteiger partial charge in [0, 0.05) is 44.5 Å². The predicted molar refractivity (Wildman–Crippen MR) is 92.1 cm³/mol. The Morgan fingerprint density at radius 2 is 1.79 bits per heavy atom. The number of aliphatic hydroxyl groups excluding tert-OH is 2. The van der Waals surface area contributed by atoms with Crippen LogP contribution in [0.4, 0.5) is 17.5 Å². The van der Waals surface area contributed by atoms with Crippen LogP contribution in [0.3, 0.4) is 0 Å². The van der Waals surface area contributed by atoms with Crippen LogP contribution in [0, 0.1) is 0 Å². The van der Waals surface area contributed by atoms with Gasteiger partial charge in [-0.2, -0.15) is 4.98 Å². The minimum atomic E-state index is -0.780. The predicted octanol–water partition coefficient (Wildman–Crippen LogP) is 0.0392. The van der Waals surface area contributed by atoms with Crippen molar-refractivity contribution in [2.24, 2.45) is 0 Å². The molecule has 1 aliphatic rings. The van der Waals surface area contributed by atoms with Gasteiger partial charge in [0.1, 0.15) is 11.6 Å². The number of aromatic hydroxyl groups is 1. The molecule has 5 N–H and O–H groups in total. The molecule has 0 saturated carbocycles. The van der Waals surface area contributed by atoms with Gasteiger partial charge in [-0.3, -0.25) is 0 Å². The number of nitrogens with two attached hydrogens (primary N) is 1. The molecule has 1 aromatic heterocycles. The van der Waals surface area contributed by atoms with Gasteiger partial charge in [-0.1, -0.05) is 0 Å². The summed E-state index contributed by atoms with van der Waals surface area (Å²) in [4.78, 5) is 12.0. The van der Waals surface area contributed by atoms with Crippen molar-refractivity contribution in [1.82, 2.24) is 9.97 Å². The van der Waals surface area contributed by atoms with Crippen LogP contribution < -0.4 is 15.5 Å². The molecule has 0 amide bonds. The van der Waals surface area contributed by atoms with Gasteiger partial charge >= 0.3 is 0 Å². The SMILES string of the molecule is CN(C)c1cc(-c2cc(N3C[C@H](O)[C@@H](O)C3)ccc2O)nc(N)n1. The van der Waals surface area contributed by atoms with E-state index in [1.54, 1.807) is 29.2 Å². The monoisotopic (exact) mass is 331 g/mol. The molecule has 1 saturated heterocycles. The maximum absolute atomic E-state index is 10.2. The molecule has 1 fully saturated rings. The molecule has 0 radical (unpaired) electrons. The fraction of sp³-hybridized carbons (Fsp3) is 0.375. The number of hydrogen-bond acceptors (Lipinski definition) is 8. The summed E-state index contributed by atoms with van der Waals surface area (Å²) in [7, 11) is 3.68. The molecule has 128 valence electrons. The molecule has 0 aliphatic carbocycles. The highest BCUT2D eigenvalue weighted by molar-refractivity contribution is 5.74. The number of benzene rings is 1. The van der Waals surface area contributed by atoms with E-state index in [4.69, 9.17) is 5.73 Å². The van der Waals surface area contributed by atoms with Crippen LogP contribution in [0.15, 0.2) is 24.3 Å². The van der Waals surface area contributed by atoms with Crippen LogP contribution in [0.2, 0.25) is 0 Å². The Morgan fingerprint density at radius 1 is 1.12 bits per heavy atom. The van der Waals surface area contributed by atoms with E-state index < -0.39 is 12.2 Å². The molecule has 1 aliphatic heterocycles. The number of rotatable bonds is 3. The van der Waals surface area contributed by atoms with E-state index in [9.17, 15) is 15.3 Å². The summed E-state index contributed by atoms with van der Waals surface area (Å²) in [6.45, 7) is 0.667. The zero-order valence-electron chi connectivity index (χ0n) is 13.6. The van der Waals surface area contributed by atoms with E-state index in [1.165, 1.54) is 0 Å². The maximum atomic E-state index is 10.2. The number of nitrogen functional groups attached to an aromatic ring is 1. The van der Waals surface area contributed by atoms with Crippen molar-refractivity contribution in [2.45, 2.75) is 12.2 Å². The quantitative estimate of drug-likeness (QED) is 0.622. The second-order valence-corrected chi connectivity index (χ2v) is 6.11. The van der Waals surface area contributed by atoms with Gasteiger partial charge in [0.15, 0.2) is 0 Å². The third-order valence-corrected chi connectivity index (χ3v) is 4.07. The molecule has 0 unspecified atom stereocenters. The average Bonchev–Trinajstić information content (AvgIpc) is 2.86. The van der Waals surface area contributed by atoms with Crippen molar-refractivity contribution in [3.05, 3.63) is 24.3 Å². The van der Waals surface area contributed by atoms with Crippen molar-refractivity contribution < 1.29 is 15.3 Å². The number of aliphatic hydroxyl groups is 2. The normalized spacial score (nSPS) is 20.4. The molecule has 0 bridgehead atoms. The molecule has 8 nitrogen and oxygen atoms in total. The van der Waals surface area contributed by atoms with E-state index >= 15 is 0 Å². The number of phenols is 1. The van der Waals surface area contributed by atoms with Crippen molar-refractivity contribution in [1.29, 1.82) is 0 Å². The zero-order valence-corrected chi connectivity index (χ0v) is 13.6. The van der Waals surface area contributed by atoms with E-state index in [-0.39, 0.29) is 11.7 Å². The molecule has 24 heavy (non-hydrogen) atoms. The van der Waals surface area contributed by atoms with Gasteiger partial charge < -0.3 is 30.9 Å². The molecule has 2 heterocycles. The van der Waals surface area contributed by atoms with Gasteiger partial charge in [-0.05, 0) is 18.2 Å². The average molecular weight is 331 g/mol. The number of phenolic OH excluding ortho intramolecular Hbond substituents is 1. The first-order chi connectivity index (χ1) is 11.3. The first-order valence-corrected chi connectivity index (χ1v) is 7.61. The zero-order chi connectivity index (χ0) is 17.4. The highest BCUT2D eigenvalue weighted by Gasteiger charge is 2.30. The second kappa shape index (κ2) is 6.14. The van der Waals surface area contributed by atoms with Gasteiger partial charge in [0.25, 0.3) is 0 Å². The Morgan fingerprint density at radius 3 is 2.42 bits per heavy atom. The topological polar surface area (TPSA) is 119 Å². The lowest BCUT2D eigenvalue weighted by Gasteiger charge is -2.19. The minimum absolute atomic E-state index is 0.0712. The summed E-state index contributed by atoms with van der Waals surface area (Å²) in [5.41, 5.74) is 7.57. The van der Waals surface area contributed by atoms with Crippen LogP contribution in [0.25, 0.3) is 11.3 Å². The smallest absolute Gasteiger partial charge is 0.222 e. The van der Waals surface area contributed by atoms with Crippen LogP contribution in [0.5, 0.6) is 5.75 Å². The van der Waals surface area contributed by atoms with Crippen molar-refractivity contribution >= 4 is 17.5 Å². The fourth-order valence-corrected chi connectivity index (χ4v) is 2.73. The van der Waals surface area contributed by atoms with Gasteiger partial charge in [-0.25, -0.2) is 4.98 Å². The summed E-state index contributed by atoms with van der Waals surface area (Å²) >= 11 is 0. The lowest BCUT2D eigenvalue weighted by Crippen LogP contribution is -2.22. The molecular weight excluding hydrogens is 310 g/mol. The molecule has 0 spiro atoms. The molecule has 2 atom stereocenters. The van der Waals surface area contributed by atoms with Gasteiger partial charge in [0.05, 0.1) is 17.9 Å². The molecule has 3 rings (SSSR count). The molecule has 2 aromatic rings. The lowest BCUT2D eigenvalue weighted by molar-refractivity contribution is 0.0572. The van der Waals surface area contributed by atoms with E-state index in [0.29, 0.717) is 30.2 Å². The molecule has 1 aromatic carbocycles.